The number of nitrogens with one attached hydrogen (secondary N) is 1. The third-order valence-electron chi connectivity index (χ3n) is 4.49. The molecule has 3 rings (SSSR count). The molecule has 3 amide bonds. The van der Waals surface area contributed by atoms with Crippen LogP contribution >= 0.6 is 0 Å². The van der Waals surface area contributed by atoms with Gasteiger partial charge in [0, 0.05) is 6.04 Å². The first-order chi connectivity index (χ1) is 11.0. The standard InChI is InChI=1S/C16H20N2O5/c1-9(14(20)17-10-6-7-10)23-13(19)8-18-15(21)11-4-2-3-5-12(11)16(18)22/h2-3,9-12H,4-8H2,1H3,(H,17,20)/t9-,11-,12+/m1/s1. The zero-order chi connectivity index (χ0) is 16.6. The average molecular weight is 320 g/mol. The van der Waals surface area contributed by atoms with Gasteiger partial charge in [0.25, 0.3) is 5.91 Å². The van der Waals surface area contributed by atoms with Crippen molar-refractivity contribution in [2.45, 2.75) is 44.8 Å². The number of nitrogens with zero attached hydrogens (tertiary/aromatic N) is 1. The van der Waals surface area contributed by atoms with Crippen molar-refractivity contribution < 1.29 is 23.9 Å². The van der Waals surface area contributed by atoms with E-state index < -0.39 is 18.6 Å². The molecule has 124 valence electrons. The van der Waals surface area contributed by atoms with Crippen LogP contribution in [-0.4, -0.2) is 47.3 Å². The quantitative estimate of drug-likeness (QED) is 0.442. The Morgan fingerprint density at radius 2 is 1.78 bits per heavy atom. The van der Waals surface area contributed by atoms with Gasteiger partial charge >= 0.3 is 5.97 Å². The second-order valence-corrected chi connectivity index (χ2v) is 6.33. The molecule has 2 aliphatic carbocycles. The summed E-state index contributed by atoms with van der Waals surface area (Å²) < 4.78 is 5.04. The molecule has 1 saturated heterocycles. The van der Waals surface area contributed by atoms with Crippen LogP contribution in [0.3, 0.4) is 0 Å². The molecule has 0 aromatic heterocycles. The molecule has 0 radical (unpaired) electrons. The fraction of sp³-hybridized carbons (Fsp3) is 0.625. The van der Waals surface area contributed by atoms with Gasteiger partial charge in [-0.25, -0.2) is 0 Å². The molecule has 7 nitrogen and oxygen atoms in total. The number of carbonyl (C=O) groups excluding carboxylic acids is 4. The normalized spacial score (nSPS) is 27.6. The fourth-order valence-corrected chi connectivity index (χ4v) is 2.99. The molecule has 3 atom stereocenters. The average Bonchev–Trinajstić information content (AvgIpc) is 3.31. The predicted molar refractivity (Wildman–Crippen MR) is 78.8 cm³/mol. The number of ether oxygens (including phenoxy) is 1. The van der Waals surface area contributed by atoms with Crippen LogP contribution in [-0.2, 0) is 23.9 Å². The number of allylic oxidation sites excluding steroid dienone is 2. The third-order valence-corrected chi connectivity index (χ3v) is 4.49. The molecule has 1 heterocycles. The molecule has 0 aromatic carbocycles. The Labute approximate surface area is 134 Å². The van der Waals surface area contributed by atoms with Crippen LogP contribution in [0.15, 0.2) is 12.2 Å². The fourth-order valence-electron chi connectivity index (χ4n) is 2.99. The van der Waals surface area contributed by atoms with Crippen LogP contribution in [0.25, 0.3) is 0 Å². The highest BCUT2D eigenvalue weighted by atomic mass is 16.5. The van der Waals surface area contributed by atoms with Gasteiger partial charge in [-0.2, -0.15) is 0 Å². The Morgan fingerprint density at radius 3 is 2.30 bits per heavy atom. The molecule has 7 heteroatoms. The molecule has 0 aromatic rings. The van der Waals surface area contributed by atoms with Crippen LogP contribution in [0.1, 0.15) is 32.6 Å². The lowest BCUT2D eigenvalue weighted by Crippen LogP contribution is -2.41. The van der Waals surface area contributed by atoms with Crippen molar-refractivity contribution in [3.8, 4) is 0 Å². The molecule has 23 heavy (non-hydrogen) atoms. The molecule has 0 unspecified atom stereocenters. The smallest absolute Gasteiger partial charge is 0.326 e. The minimum atomic E-state index is -0.931. The Morgan fingerprint density at radius 1 is 1.22 bits per heavy atom. The van der Waals surface area contributed by atoms with Gasteiger partial charge in [-0.15, -0.1) is 0 Å². The van der Waals surface area contributed by atoms with Gasteiger partial charge in [0.05, 0.1) is 11.8 Å². The molecule has 1 N–H and O–H groups in total. The number of imide groups is 1. The third kappa shape index (κ3) is 3.28. The summed E-state index contributed by atoms with van der Waals surface area (Å²) in [5.74, 6) is -2.46. The lowest BCUT2D eigenvalue weighted by Gasteiger charge is -2.17. The highest BCUT2D eigenvalue weighted by Gasteiger charge is 2.47. The summed E-state index contributed by atoms with van der Waals surface area (Å²) in [5, 5.41) is 2.74. The number of hydrogen-bond donors (Lipinski definition) is 1. The van der Waals surface area contributed by atoms with Crippen molar-refractivity contribution in [2.75, 3.05) is 6.54 Å². The van der Waals surface area contributed by atoms with Crippen LogP contribution in [0.2, 0.25) is 0 Å². The number of likely N-dealkylation sites (tertiary alicyclic amines) is 1. The van der Waals surface area contributed by atoms with E-state index in [0.717, 1.165) is 17.7 Å². The molecule has 3 aliphatic rings. The van der Waals surface area contributed by atoms with E-state index in [9.17, 15) is 19.2 Å². The maximum atomic E-state index is 12.2. The van der Waals surface area contributed by atoms with Crippen LogP contribution in [0.4, 0.5) is 0 Å². The van der Waals surface area contributed by atoms with Gasteiger partial charge in [-0.05, 0) is 32.6 Å². The van der Waals surface area contributed by atoms with E-state index in [2.05, 4.69) is 5.32 Å². The van der Waals surface area contributed by atoms with Gasteiger partial charge in [0.15, 0.2) is 6.10 Å². The van der Waals surface area contributed by atoms with E-state index in [4.69, 9.17) is 4.74 Å². The van der Waals surface area contributed by atoms with E-state index >= 15 is 0 Å². The minimum Gasteiger partial charge on any atom is -0.451 e. The molecule has 1 aliphatic heterocycles. The topological polar surface area (TPSA) is 92.8 Å². The summed E-state index contributed by atoms with van der Waals surface area (Å²) in [6.45, 7) is 1.05. The molecule has 0 bridgehead atoms. The van der Waals surface area contributed by atoms with Gasteiger partial charge in [-0.3, -0.25) is 24.1 Å². The molecule has 2 fully saturated rings. The number of rotatable bonds is 5. The van der Waals surface area contributed by atoms with E-state index in [1.54, 1.807) is 0 Å². The number of carbonyl (C=O) groups is 4. The summed E-state index contributed by atoms with van der Waals surface area (Å²) in [4.78, 5) is 49.2. The first-order valence-electron chi connectivity index (χ1n) is 7.97. The lowest BCUT2D eigenvalue weighted by molar-refractivity contribution is -0.159. The number of hydrogen-bond acceptors (Lipinski definition) is 5. The predicted octanol–water partition coefficient (Wildman–Crippen LogP) is 0.148. The number of fused-ring (bicyclic) bond motifs is 1. The van der Waals surface area contributed by atoms with Crippen molar-refractivity contribution in [1.82, 2.24) is 10.2 Å². The zero-order valence-corrected chi connectivity index (χ0v) is 13.0. The zero-order valence-electron chi connectivity index (χ0n) is 13.0. The Bertz CT molecular complexity index is 555. The van der Waals surface area contributed by atoms with Gasteiger partial charge < -0.3 is 10.1 Å². The first-order valence-corrected chi connectivity index (χ1v) is 7.97. The van der Waals surface area contributed by atoms with Gasteiger partial charge in [0.2, 0.25) is 11.8 Å². The monoisotopic (exact) mass is 320 g/mol. The van der Waals surface area contributed by atoms with E-state index in [0.29, 0.717) is 12.8 Å². The molecule has 1 saturated carbocycles. The Hall–Kier alpha value is -2.18. The Kier molecular flexibility index (Phi) is 4.19. The maximum absolute atomic E-state index is 12.2. The lowest BCUT2D eigenvalue weighted by atomic mass is 9.85. The van der Waals surface area contributed by atoms with Crippen LogP contribution in [0, 0.1) is 11.8 Å². The van der Waals surface area contributed by atoms with Crippen LogP contribution in [0.5, 0.6) is 0 Å². The second-order valence-electron chi connectivity index (χ2n) is 6.33. The van der Waals surface area contributed by atoms with E-state index in [1.165, 1.54) is 6.92 Å². The summed E-state index contributed by atoms with van der Waals surface area (Å²) >= 11 is 0. The second kappa shape index (κ2) is 6.14. The van der Waals surface area contributed by atoms with Crippen molar-refractivity contribution in [3.63, 3.8) is 0 Å². The SMILES string of the molecule is C[C@@H](OC(=O)CN1C(=O)[C@H]2CC=CC[C@H]2C1=O)C(=O)NC1CC1. The van der Waals surface area contributed by atoms with Crippen LogP contribution < -0.4 is 5.32 Å². The minimum absolute atomic E-state index is 0.181. The summed E-state index contributed by atoms with van der Waals surface area (Å²) in [7, 11) is 0. The van der Waals surface area contributed by atoms with Gasteiger partial charge in [0.1, 0.15) is 6.54 Å². The summed E-state index contributed by atoms with van der Waals surface area (Å²) in [5.41, 5.74) is 0. The largest absolute Gasteiger partial charge is 0.451 e. The Balaban J connectivity index is 1.54. The van der Waals surface area contributed by atoms with Crippen molar-refractivity contribution >= 4 is 23.7 Å². The van der Waals surface area contributed by atoms with E-state index in [1.807, 2.05) is 12.2 Å². The highest BCUT2D eigenvalue weighted by Crippen LogP contribution is 2.34. The summed E-state index contributed by atoms with van der Waals surface area (Å²) in [6, 6.07) is 0.181. The number of amides is 3. The van der Waals surface area contributed by atoms with Crippen molar-refractivity contribution in [2.24, 2.45) is 11.8 Å². The van der Waals surface area contributed by atoms with E-state index in [-0.39, 0.29) is 35.6 Å². The van der Waals surface area contributed by atoms with Crippen molar-refractivity contribution in [1.29, 1.82) is 0 Å². The van der Waals surface area contributed by atoms with Gasteiger partial charge in [-0.1, -0.05) is 12.2 Å². The number of esters is 1. The van der Waals surface area contributed by atoms with Crippen molar-refractivity contribution in [3.05, 3.63) is 12.2 Å². The highest BCUT2D eigenvalue weighted by molar-refractivity contribution is 6.07. The molecular weight excluding hydrogens is 300 g/mol. The molecule has 0 spiro atoms. The summed E-state index contributed by atoms with van der Waals surface area (Å²) in [6.07, 6.45) is 5.79. The molecular formula is C16H20N2O5. The maximum Gasteiger partial charge on any atom is 0.326 e. The first kappa shape index (κ1) is 15.7.